The normalized spacial score (nSPS) is 14.6. The van der Waals surface area contributed by atoms with E-state index in [2.05, 4.69) is 11.1 Å². The molecular formula is C9H20O4S. The summed E-state index contributed by atoms with van der Waals surface area (Å²) in [4.78, 5) is 0. The highest BCUT2D eigenvalue weighted by Crippen LogP contribution is 2.19. The molecule has 5 heteroatoms. The van der Waals surface area contributed by atoms with Crippen molar-refractivity contribution in [1.29, 1.82) is 0 Å². The topological polar surface area (TPSA) is 63.6 Å². The maximum Gasteiger partial charge on any atom is 0.397 e. The van der Waals surface area contributed by atoms with Crippen molar-refractivity contribution in [3.63, 3.8) is 0 Å². The Bertz CT molecular complexity index is 233. The molecule has 0 saturated heterocycles. The minimum atomic E-state index is -4.28. The first kappa shape index (κ1) is 13.9. The van der Waals surface area contributed by atoms with Gasteiger partial charge in [0, 0.05) is 0 Å². The second-order valence-electron chi connectivity index (χ2n) is 3.86. The molecule has 0 heterocycles. The number of rotatable bonds is 7. The molecule has 0 fully saturated rings. The van der Waals surface area contributed by atoms with Crippen LogP contribution in [0.25, 0.3) is 0 Å². The highest BCUT2D eigenvalue weighted by atomic mass is 32.3. The molecule has 86 valence electrons. The molecule has 0 radical (unpaired) electrons. The maximum absolute atomic E-state index is 10.4. The average molecular weight is 224 g/mol. The molecule has 0 aromatic heterocycles. The van der Waals surface area contributed by atoms with Gasteiger partial charge in [-0.3, -0.25) is 4.55 Å². The van der Waals surface area contributed by atoms with E-state index in [0.717, 1.165) is 19.3 Å². The summed E-state index contributed by atoms with van der Waals surface area (Å²) >= 11 is 0. The zero-order chi connectivity index (χ0) is 11.2. The zero-order valence-electron chi connectivity index (χ0n) is 9.06. The Balaban J connectivity index is 3.97. The Morgan fingerprint density at radius 1 is 1.36 bits per heavy atom. The van der Waals surface area contributed by atoms with E-state index in [-0.39, 0.29) is 12.5 Å². The number of unbranched alkanes of at least 4 members (excludes halogenated alkanes) is 1. The highest BCUT2D eigenvalue weighted by molar-refractivity contribution is 7.80. The molecule has 1 atom stereocenters. The molecule has 0 spiro atoms. The standard InChI is InChI=1S/C9H20O4S/c1-4-5-6-9(8(2)3)7-13-14(10,11)12/h8-9H,4-7H2,1-3H3,(H,10,11,12). The lowest BCUT2D eigenvalue weighted by Gasteiger charge is -2.19. The fraction of sp³-hybridized carbons (Fsp3) is 1.00. The lowest BCUT2D eigenvalue weighted by Crippen LogP contribution is -2.18. The summed E-state index contributed by atoms with van der Waals surface area (Å²) in [6.45, 7) is 6.21. The van der Waals surface area contributed by atoms with Gasteiger partial charge >= 0.3 is 10.4 Å². The van der Waals surface area contributed by atoms with Gasteiger partial charge in [0.25, 0.3) is 0 Å². The van der Waals surface area contributed by atoms with Gasteiger partial charge in [0.15, 0.2) is 0 Å². The summed E-state index contributed by atoms with van der Waals surface area (Å²) in [5.41, 5.74) is 0. The van der Waals surface area contributed by atoms with Crippen molar-refractivity contribution < 1.29 is 17.2 Å². The lowest BCUT2D eigenvalue weighted by atomic mass is 9.92. The van der Waals surface area contributed by atoms with Crippen LogP contribution in [0.2, 0.25) is 0 Å². The smallest absolute Gasteiger partial charge is 0.264 e. The number of hydrogen-bond donors (Lipinski definition) is 1. The summed E-state index contributed by atoms with van der Waals surface area (Å²) in [6.07, 6.45) is 3.07. The van der Waals surface area contributed by atoms with Gasteiger partial charge < -0.3 is 0 Å². The summed E-state index contributed by atoms with van der Waals surface area (Å²) in [7, 11) is -4.28. The van der Waals surface area contributed by atoms with Gasteiger partial charge in [0.2, 0.25) is 0 Å². The van der Waals surface area contributed by atoms with Crippen LogP contribution in [0, 0.1) is 11.8 Å². The third-order valence-electron chi connectivity index (χ3n) is 2.30. The average Bonchev–Trinajstić information content (AvgIpc) is 2.01. The quantitative estimate of drug-likeness (QED) is 0.674. The van der Waals surface area contributed by atoms with E-state index in [0.29, 0.717) is 5.92 Å². The van der Waals surface area contributed by atoms with Crippen molar-refractivity contribution in [3.8, 4) is 0 Å². The van der Waals surface area contributed by atoms with E-state index in [1.165, 1.54) is 0 Å². The molecule has 0 rings (SSSR count). The Labute approximate surface area is 86.6 Å². The van der Waals surface area contributed by atoms with E-state index in [1.54, 1.807) is 0 Å². The van der Waals surface area contributed by atoms with Crippen LogP contribution < -0.4 is 0 Å². The summed E-state index contributed by atoms with van der Waals surface area (Å²) in [5, 5.41) is 0. The van der Waals surface area contributed by atoms with Crippen LogP contribution in [0.4, 0.5) is 0 Å². The second kappa shape index (κ2) is 6.37. The van der Waals surface area contributed by atoms with Crippen molar-refractivity contribution in [1.82, 2.24) is 0 Å². The van der Waals surface area contributed by atoms with Crippen LogP contribution in [-0.4, -0.2) is 19.6 Å². The van der Waals surface area contributed by atoms with Crippen molar-refractivity contribution in [2.75, 3.05) is 6.61 Å². The molecule has 0 aliphatic rings. The zero-order valence-corrected chi connectivity index (χ0v) is 9.88. The molecule has 0 bridgehead atoms. The van der Waals surface area contributed by atoms with E-state index in [9.17, 15) is 8.42 Å². The molecule has 0 amide bonds. The van der Waals surface area contributed by atoms with Crippen LogP contribution in [0.3, 0.4) is 0 Å². The third kappa shape index (κ3) is 7.29. The van der Waals surface area contributed by atoms with Crippen LogP contribution >= 0.6 is 0 Å². The molecule has 1 N–H and O–H groups in total. The fourth-order valence-corrected chi connectivity index (χ4v) is 1.60. The van der Waals surface area contributed by atoms with E-state index in [4.69, 9.17) is 4.55 Å². The van der Waals surface area contributed by atoms with Crippen molar-refractivity contribution >= 4 is 10.4 Å². The van der Waals surface area contributed by atoms with Crippen LogP contribution in [-0.2, 0) is 14.6 Å². The minimum Gasteiger partial charge on any atom is -0.264 e. The Morgan fingerprint density at radius 3 is 2.29 bits per heavy atom. The van der Waals surface area contributed by atoms with E-state index in [1.807, 2.05) is 13.8 Å². The summed E-state index contributed by atoms with van der Waals surface area (Å²) in [6, 6.07) is 0. The van der Waals surface area contributed by atoms with Crippen LogP contribution in [0.15, 0.2) is 0 Å². The van der Waals surface area contributed by atoms with E-state index >= 15 is 0 Å². The Hall–Kier alpha value is -0.130. The molecule has 0 aromatic carbocycles. The van der Waals surface area contributed by atoms with Gasteiger partial charge in [0.1, 0.15) is 0 Å². The lowest BCUT2D eigenvalue weighted by molar-refractivity contribution is 0.183. The first-order valence-electron chi connectivity index (χ1n) is 4.98. The summed E-state index contributed by atoms with van der Waals surface area (Å²) < 4.78 is 33.5. The maximum atomic E-state index is 10.4. The van der Waals surface area contributed by atoms with Gasteiger partial charge in [-0.15, -0.1) is 0 Å². The van der Waals surface area contributed by atoms with Gasteiger partial charge in [0.05, 0.1) is 6.61 Å². The minimum absolute atomic E-state index is 0.0799. The molecule has 4 nitrogen and oxygen atoms in total. The SMILES string of the molecule is CCCCC(COS(=O)(=O)O)C(C)C. The summed E-state index contributed by atoms with van der Waals surface area (Å²) in [5.74, 6) is 0.556. The highest BCUT2D eigenvalue weighted by Gasteiger charge is 2.16. The van der Waals surface area contributed by atoms with E-state index < -0.39 is 10.4 Å². The molecule has 0 saturated carbocycles. The first-order chi connectivity index (χ1) is 6.37. The van der Waals surface area contributed by atoms with Gasteiger partial charge in [-0.25, -0.2) is 4.18 Å². The predicted molar refractivity (Wildman–Crippen MR) is 55.4 cm³/mol. The third-order valence-corrected chi connectivity index (χ3v) is 2.74. The van der Waals surface area contributed by atoms with Crippen LogP contribution in [0.1, 0.15) is 40.0 Å². The Kier molecular flexibility index (Phi) is 6.31. The van der Waals surface area contributed by atoms with Crippen molar-refractivity contribution in [3.05, 3.63) is 0 Å². The monoisotopic (exact) mass is 224 g/mol. The second-order valence-corrected chi connectivity index (χ2v) is 4.95. The van der Waals surface area contributed by atoms with Crippen molar-refractivity contribution in [2.45, 2.75) is 40.0 Å². The molecule has 0 aliphatic carbocycles. The fourth-order valence-electron chi connectivity index (χ4n) is 1.25. The van der Waals surface area contributed by atoms with Gasteiger partial charge in [-0.1, -0.05) is 33.6 Å². The van der Waals surface area contributed by atoms with Crippen molar-refractivity contribution in [2.24, 2.45) is 11.8 Å². The Morgan fingerprint density at radius 2 is 1.93 bits per heavy atom. The molecule has 0 aliphatic heterocycles. The molecule has 14 heavy (non-hydrogen) atoms. The van der Waals surface area contributed by atoms with Gasteiger partial charge in [-0.05, 0) is 18.3 Å². The first-order valence-corrected chi connectivity index (χ1v) is 6.35. The number of hydrogen-bond acceptors (Lipinski definition) is 3. The largest absolute Gasteiger partial charge is 0.397 e. The molecule has 1 unspecified atom stereocenters. The molecule has 0 aromatic rings. The molecular weight excluding hydrogens is 204 g/mol. The predicted octanol–water partition coefficient (Wildman–Crippen LogP) is 2.27. The van der Waals surface area contributed by atoms with Gasteiger partial charge in [-0.2, -0.15) is 8.42 Å². The van der Waals surface area contributed by atoms with Crippen LogP contribution in [0.5, 0.6) is 0 Å².